The summed E-state index contributed by atoms with van der Waals surface area (Å²) in [5, 5.41) is 0. The Kier molecular flexibility index (Phi) is 13.1. The number of rotatable bonds is 3. The Morgan fingerprint density at radius 2 is 2.25 bits per heavy atom. The predicted octanol–water partition coefficient (Wildman–Crippen LogP) is 2.21. The molecule has 48 valence electrons. The fourth-order valence-electron chi connectivity index (χ4n) is 0.160. The van der Waals surface area contributed by atoms with Crippen molar-refractivity contribution in [3.05, 3.63) is 25.2 Å². The Morgan fingerprint density at radius 1 is 1.62 bits per heavy atom. The van der Waals surface area contributed by atoms with E-state index >= 15 is 0 Å². The SMILES string of the molecule is Br.C=COCC=CF. The zero-order valence-electron chi connectivity index (χ0n) is 4.34. The van der Waals surface area contributed by atoms with E-state index in [1.54, 1.807) is 0 Å². The summed E-state index contributed by atoms with van der Waals surface area (Å²) in [6.45, 7) is 3.52. The Labute approximate surface area is 58.6 Å². The first-order valence-corrected chi connectivity index (χ1v) is 1.89. The van der Waals surface area contributed by atoms with Gasteiger partial charge in [0.05, 0.1) is 12.6 Å². The molecule has 0 heterocycles. The van der Waals surface area contributed by atoms with Crippen LogP contribution in [0, 0.1) is 0 Å². The van der Waals surface area contributed by atoms with E-state index in [1.807, 2.05) is 0 Å². The van der Waals surface area contributed by atoms with Crippen LogP contribution in [0.15, 0.2) is 25.2 Å². The molecule has 0 radical (unpaired) electrons. The van der Waals surface area contributed by atoms with Gasteiger partial charge in [0, 0.05) is 0 Å². The van der Waals surface area contributed by atoms with E-state index in [2.05, 4.69) is 11.3 Å². The first kappa shape index (κ1) is 10.6. The van der Waals surface area contributed by atoms with Crippen LogP contribution in [-0.4, -0.2) is 6.61 Å². The van der Waals surface area contributed by atoms with Crippen molar-refractivity contribution in [3.8, 4) is 0 Å². The van der Waals surface area contributed by atoms with Gasteiger partial charge in [-0.2, -0.15) is 0 Å². The zero-order chi connectivity index (χ0) is 5.54. The van der Waals surface area contributed by atoms with Gasteiger partial charge in [-0.05, 0) is 6.08 Å². The summed E-state index contributed by atoms with van der Waals surface area (Å²) >= 11 is 0. The van der Waals surface area contributed by atoms with Crippen LogP contribution in [0.1, 0.15) is 0 Å². The molecular weight excluding hydrogens is 175 g/mol. The standard InChI is InChI=1S/C5H7FO.BrH/c1-2-7-5-3-4-6;/h2-4H,1,5H2;1H. The van der Waals surface area contributed by atoms with Crippen molar-refractivity contribution in [1.29, 1.82) is 0 Å². The van der Waals surface area contributed by atoms with E-state index in [1.165, 1.54) is 12.3 Å². The van der Waals surface area contributed by atoms with E-state index in [4.69, 9.17) is 0 Å². The molecular formula is C5H8BrFO. The summed E-state index contributed by atoms with van der Waals surface area (Å²) in [6.07, 6.45) is 2.95. The Hall–Kier alpha value is -0.310. The molecule has 0 unspecified atom stereocenters. The third kappa shape index (κ3) is 9.19. The van der Waals surface area contributed by atoms with Crippen LogP contribution in [-0.2, 0) is 4.74 Å². The van der Waals surface area contributed by atoms with Gasteiger partial charge >= 0.3 is 0 Å². The second-order valence-electron chi connectivity index (χ2n) is 0.862. The van der Waals surface area contributed by atoms with Crippen LogP contribution in [0.4, 0.5) is 4.39 Å². The summed E-state index contributed by atoms with van der Waals surface area (Å²) < 4.78 is 15.5. The van der Waals surface area contributed by atoms with Gasteiger partial charge in [-0.25, -0.2) is 4.39 Å². The van der Waals surface area contributed by atoms with Gasteiger partial charge in [0.1, 0.15) is 6.61 Å². The summed E-state index contributed by atoms with van der Waals surface area (Å²) in [4.78, 5) is 0. The number of hydrogen-bond donors (Lipinski definition) is 0. The van der Waals surface area contributed by atoms with Crippen molar-refractivity contribution in [2.45, 2.75) is 0 Å². The highest BCUT2D eigenvalue weighted by Gasteiger charge is 1.66. The molecule has 0 aliphatic heterocycles. The molecule has 0 aliphatic rings. The maximum absolute atomic E-state index is 11.0. The van der Waals surface area contributed by atoms with Gasteiger partial charge in [0.15, 0.2) is 0 Å². The lowest BCUT2D eigenvalue weighted by Gasteiger charge is -1.87. The second kappa shape index (κ2) is 9.85. The molecule has 0 bridgehead atoms. The molecule has 1 nitrogen and oxygen atoms in total. The minimum Gasteiger partial charge on any atom is -0.498 e. The molecule has 0 aromatic rings. The van der Waals surface area contributed by atoms with E-state index in [0.717, 1.165) is 0 Å². The molecule has 0 aromatic heterocycles. The third-order valence-electron chi connectivity index (χ3n) is 0.399. The molecule has 0 aliphatic carbocycles. The van der Waals surface area contributed by atoms with Crippen molar-refractivity contribution >= 4 is 17.0 Å². The van der Waals surface area contributed by atoms with Gasteiger partial charge in [-0.1, -0.05) is 6.58 Å². The predicted molar refractivity (Wildman–Crippen MR) is 36.7 cm³/mol. The summed E-state index contributed by atoms with van der Waals surface area (Å²) in [5.74, 6) is 0. The fourth-order valence-corrected chi connectivity index (χ4v) is 0.160. The molecule has 0 aromatic carbocycles. The van der Waals surface area contributed by atoms with Crippen LogP contribution in [0.2, 0.25) is 0 Å². The molecule has 0 rings (SSSR count). The minimum atomic E-state index is 0. The Balaban J connectivity index is 0. The fraction of sp³-hybridized carbons (Fsp3) is 0.200. The Bertz CT molecular complexity index is 72.8. The number of halogens is 2. The lowest BCUT2D eigenvalue weighted by atomic mass is 10.7. The van der Waals surface area contributed by atoms with Crippen molar-refractivity contribution in [2.24, 2.45) is 0 Å². The molecule has 0 amide bonds. The zero-order valence-corrected chi connectivity index (χ0v) is 6.05. The molecule has 0 N–H and O–H groups in total. The molecule has 3 heteroatoms. The van der Waals surface area contributed by atoms with E-state index in [-0.39, 0.29) is 23.6 Å². The number of ether oxygens (including phenoxy) is 1. The monoisotopic (exact) mass is 182 g/mol. The maximum Gasteiger partial charge on any atom is 0.108 e. The molecule has 0 fully saturated rings. The van der Waals surface area contributed by atoms with E-state index in [9.17, 15) is 4.39 Å². The topological polar surface area (TPSA) is 9.23 Å². The summed E-state index contributed by atoms with van der Waals surface area (Å²) in [6, 6.07) is 0. The molecule has 0 spiro atoms. The first-order valence-electron chi connectivity index (χ1n) is 1.89. The van der Waals surface area contributed by atoms with Crippen molar-refractivity contribution in [3.63, 3.8) is 0 Å². The average Bonchev–Trinajstić information content (AvgIpc) is 1.69. The average molecular weight is 183 g/mol. The third-order valence-corrected chi connectivity index (χ3v) is 0.399. The van der Waals surface area contributed by atoms with Crippen molar-refractivity contribution < 1.29 is 9.13 Å². The number of hydrogen-bond acceptors (Lipinski definition) is 1. The summed E-state index contributed by atoms with van der Waals surface area (Å²) in [7, 11) is 0. The lowest BCUT2D eigenvalue weighted by molar-refractivity contribution is 0.290. The van der Waals surface area contributed by atoms with Gasteiger partial charge in [0.2, 0.25) is 0 Å². The maximum atomic E-state index is 11.0. The normalized spacial score (nSPS) is 8.12. The van der Waals surface area contributed by atoms with Gasteiger partial charge in [-0.3, -0.25) is 0 Å². The van der Waals surface area contributed by atoms with Crippen LogP contribution in [0.3, 0.4) is 0 Å². The minimum absolute atomic E-state index is 0. The van der Waals surface area contributed by atoms with Gasteiger partial charge in [-0.15, -0.1) is 17.0 Å². The smallest absolute Gasteiger partial charge is 0.108 e. The van der Waals surface area contributed by atoms with Crippen LogP contribution >= 0.6 is 17.0 Å². The molecule has 0 saturated carbocycles. The first-order chi connectivity index (χ1) is 3.41. The molecule has 0 atom stereocenters. The van der Waals surface area contributed by atoms with Crippen LogP contribution in [0.25, 0.3) is 0 Å². The lowest BCUT2D eigenvalue weighted by Crippen LogP contribution is -1.76. The van der Waals surface area contributed by atoms with Crippen LogP contribution in [0.5, 0.6) is 0 Å². The van der Waals surface area contributed by atoms with E-state index < -0.39 is 0 Å². The highest BCUT2D eigenvalue weighted by Crippen LogP contribution is 1.76. The van der Waals surface area contributed by atoms with Crippen LogP contribution < -0.4 is 0 Å². The van der Waals surface area contributed by atoms with Crippen molar-refractivity contribution in [2.75, 3.05) is 6.61 Å². The largest absolute Gasteiger partial charge is 0.498 e. The quantitative estimate of drug-likeness (QED) is 0.481. The Morgan fingerprint density at radius 3 is 2.62 bits per heavy atom. The molecule has 0 saturated heterocycles. The van der Waals surface area contributed by atoms with E-state index in [0.29, 0.717) is 6.33 Å². The van der Waals surface area contributed by atoms with Gasteiger partial charge in [0.25, 0.3) is 0 Å². The highest BCUT2D eigenvalue weighted by molar-refractivity contribution is 8.93. The molecule has 8 heavy (non-hydrogen) atoms. The van der Waals surface area contributed by atoms with Gasteiger partial charge < -0.3 is 4.74 Å². The second-order valence-corrected chi connectivity index (χ2v) is 0.862. The van der Waals surface area contributed by atoms with Crippen molar-refractivity contribution in [1.82, 2.24) is 0 Å². The summed E-state index contributed by atoms with van der Waals surface area (Å²) in [5.41, 5.74) is 0. The highest BCUT2D eigenvalue weighted by atomic mass is 79.9.